The molecule has 4 heteroatoms. The summed E-state index contributed by atoms with van der Waals surface area (Å²) in [5.74, 6) is -0.342. The number of rotatable bonds is 3. The zero-order valence-corrected chi connectivity index (χ0v) is 9.00. The zero-order valence-electron chi connectivity index (χ0n) is 9.00. The Balaban J connectivity index is 2.14. The maximum absolute atomic E-state index is 11.6. The van der Waals surface area contributed by atoms with E-state index in [0.29, 0.717) is 6.61 Å². The number of hydrogen-bond donors (Lipinski definition) is 0. The monoisotopic (exact) mass is 219 g/mol. The first-order valence-corrected chi connectivity index (χ1v) is 5.21. The number of aliphatic imine (C=N–C) groups is 1. The number of nitrogens with zero attached hydrogens (tertiary/aromatic N) is 1. The van der Waals surface area contributed by atoms with Crippen LogP contribution in [0.2, 0.25) is 0 Å². The van der Waals surface area contributed by atoms with Gasteiger partial charge in [-0.25, -0.2) is 9.79 Å². The van der Waals surface area contributed by atoms with Crippen LogP contribution in [0.15, 0.2) is 35.3 Å². The largest absolute Gasteiger partial charge is 0.473 e. The first-order valence-electron chi connectivity index (χ1n) is 5.21. The van der Waals surface area contributed by atoms with Crippen molar-refractivity contribution in [3.8, 4) is 0 Å². The van der Waals surface area contributed by atoms with Crippen LogP contribution >= 0.6 is 0 Å². The van der Waals surface area contributed by atoms with Crippen LogP contribution < -0.4 is 0 Å². The molecule has 0 amide bonds. The number of carbonyl (C=O) groups excluding carboxylic acids is 1. The fourth-order valence-corrected chi connectivity index (χ4v) is 1.63. The van der Waals surface area contributed by atoms with Gasteiger partial charge in [0.15, 0.2) is 18.5 Å². The van der Waals surface area contributed by atoms with Gasteiger partial charge in [0.2, 0.25) is 0 Å². The number of hydrogen-bond acceptors (Lipinski definition) is 4. The van der Waals surface area contributed by atoms with E-state index >= 15 is 0 Å². The fourth-order valence-electron chi connectivity index (χ4n) is 1.63. The fraction of sp³-hybridized carbons (Fsp3) is 0.333. The predicted molar refractivity (Wildman–Crippen MR) is 59.2 cm³/mol. The summed E-state index contributed by atoms with van der Waals surface area (Å²) in [6.45, 7) is 2.13. The summed E-state index contributed by atoms with van der Waals surface area (Å²) in [7, 11) is 0. The molecule has 0 N–H and O–H groups in total. The van der Waals surface area contributed by atoms with Crippen molar-refractivity contribution >= 4 is 12.4 Å². The average molecular weight is 219 g/mol. The molecular formula is C12H13NO3. The van der Waals surface area contributed by atoms with E-state index in [1.165, 1.54) is 6.40 Å². The van der Waals surface area contributed by atoms with E-state index in [1.807, 2.05) is 30.3 Å². The lowest BCUT2D eigenvalue weighted by atomic mass is 10.0. The number of esters is 1. The lowest BCUT2D eigenvalue weighted by Crippen LogP contribution is -2.26. The molecule has 2 atom stereocenters. The number of ether oxygens (including phenoxy) is 2. The third-order valence-electron chi connectivity index (χ3n) is 2.37. The molecule has 0 fully saturated rings. The van der Waals surface area contributed by atoms with E-state index < -0.39 is 6.04 Å². The molecule has 1 aromatic rings. The van der Waals surface area contributed by atoms with Crippen LogP contribution in [0.4, 0.5) is 0 Å². The van der Waals surface area contributed by atoms with Gasteiger partial charge in [-0.05, 0) is 12.5 Å². The van der Waals surface area contributed by atoms with Crippen LogP contribution in [-0.4, -0.2) is 25.0 Å². The third-order valence-corrected chi connectivity index (χ3v) is 2.37. The molecule has 0 spiro atoms. The van der Waals surface area contributed by atoms with Crippen molar-refractivity contribution in [2.75, 3.05) is 6.61 Å². The Hall–Kier alpha value is -1.84. The molecule has 16 heavy (non-hydrogen) atoms. The minimum Gasteiger partial charge on any atom is -0.473 e. The van der Waals surface area contributed by atoms with Crippen molar-refractivity contribution in [3.05, 3.63) is 35.9 Å². The average Bonchev–Trinajstić information content (AvgIpc) is 2.79. The summed E-state index contributed by atoms with van der Waals surface area (Å²) in [6, 6.07) is 8.95. The molecule has 2 rings (SSSR count). The van der Waals surface area contributed by atoms with Gasteiger partial charge in [-0.3, -0.25) is 0 Å². The highest BCUT2D eigenvalue weighted by Gasteiger charge is 2.34. The van der Waals surface area contributed by atoms with Gasteiger partial charge < -0.3 is 9.47 Å². The molecule has 0 aliphatic carbocycles. The molecule has 1 aromatic carbocycles. The molecule has 0 bridgehead atoms. The van der Waals surface area contributed by atoms with E-state index in [9.17, 15) is 4.79 Å². The van der Waals surface area contributed by atoms with E-state index in [0.717, 1.165) is 5.56 Å². The standard InChI is InChI=1S/C12H13NO3/c1-2-15-12(14)10-11(16-8-13-10)9-6-4-3-5-7-9/h3-8,10-11H,2H2,1H3/t10-,11-/m0/s1. The Bertz CT molecular complexity index is 389. The van der Waals surface area contributed by atoms with Crippen molar-refractivity contribution < 1.29 is 14.3 Å². The maximum atomic E-state index is 11.6. The van der Waals surface area contributed by atoms with Crippen LogP contribution in [0.1, 0.15) is 18.6 Å². The Labute approximate surface area is 93.9 Å². The molecule has 0 radical (unpaired) electrons. The summed E-state index contributed by atoms with van der Waals surface area (Å²) in [5.41, 5.74) is 0.929. The first-order chi connectivity index (χ1) is 7.83. The van der Waals surface area contributed by atoms with Crippen molar-refractivity contribution in [3.63, 3.8) is 0 Å². The van der Waals surface area contributed by atoms with Crippen molar-refractivity contribution in [1.82, 2.24) is 0 Å². The first kappa shape index (κ1) is 10.7. The molecule has 4 nitrogen and oxygen atoms in total. The molecule has 0 unspecified atom stereocenters. The quantitative estimate of drug-likeness (QED) is 0.727. The van der Waals surface area contributed by atoms with E-state index in [-0.39, 0.29) is 12.1 Å². The maximum Gasteiger partial charge on any atom is 0.335 e. The van der Waals surface area contributed by atoms with Crippen LogP contribution in [0.25, 0.3) is 0 Å². The normalized spacial score (nSPS) is 22.8. The van der Waals surface area contributed by atoms with Gasteiger partial charge >= 0.3 is 5.97 Å². The van der Waals surface area contributed by atoms with Gasteiger partial charge in [0.1, 0.15) is 0 Å². The van der Waals surface area contributed by atoms with Crippen LogP contribution in [0.5, 0.6) is 0 Å². The van der Waals surface area contributed by atoms with Gasteiger partial charge in [0.05, 0.1) is 6.61 Å². The van der Waals surface area contributed by atoms with Gasteiger partial charge in [0.25, 0.3) is 0 Å². The second kappa shape index (κ2) is 4.79. The van der Waals surface area contributed by atoms with E-state index in [1.54, 1.807) is 6.92 Å². The van der Waals surface area contributed by atoms with Gasteiger partial charge in [-0.1, -0.05) is 30.3 Å². The Morgan fingerprint density at radius 2 is 2.19 bits per heavy atom. The predicted octanol–water partition coefficient (Wildman–Crippen LogP) is 1.72. The summed E-state index contributed by atoms with van der Waals surface area (Å²) >= 11 is 0. The smallest absolute Gasteiger partial charge is 0.335 e. The summed E-state index contributed by atoms with van der Waals surface area (Å²) in [6.07, 6.45) is 0.958. The van der Waals surface area contributed by atoms with Crippen LogP contribution in [-0.2, 0) is 14.3 Å². The minimum atomic E-state index is -0.581. The summed E-state index contributed by atoms with van der Waals surface area (Å²) in [4.78, 5) is 15.6. The summed E-state index contributed by atoms with van der Waals surface area (Å²) in [5, 5.41) is 0. The van der Waals surface area contributed by atoms with Gasteiger partial charge in [-0.15, -0.1) is 0 Å². The lowest BCUT2D eigenvalue weighted by molar-refractivity contribution is -0.146. The second-order valence-electron chi connectivity index (χ2n) is 3.42. The number of benzene rings is 1. The Morgan fingerprint density at radius 1 is 1.44 bits per heavy atom. The molecule has 1 heterocycles. The second-order valence-corrected chi connectivity index (χ2v) is 3.42. The van der Waals surface area contributed by atoms with Crippen LogP contribution in [0, 0.1) is 0 Å². The highest BCUT2D eigenvalue weighted by molar-refractivity contribution is 5.80. The Kier molecular flexibility index (Phi) is 3.19. The highest BCUT2D eigenvalue weighted by atomic mass is 16.5. The van der Waals surface area contributed by atoms with Crippen LogP contribution in [0.3, 0.4) is 0 Å². The lowest BCUT2D eigenvalue weighted by Gasteiger charge is -2.15. The molecule has 0 aromatic heterocycles. The molecular weight excluding hydrogens is 206 g/mol. The molecule has 1 aliphatic rings. The molecule has 0 saturated heterocycles. The molecule has 0 saturated carbocycles. The van der Waals surface area contributed by atoms with Gasteiger partial charge in [0, 0.05) is 0 Å². The van der Waals surface area contributed by atoms with Gasteiger partial charge in [-0.2, -0.15) is 0 Å². The Morgan fingerprint density at radius 3 is 2.88 bits per heavy atom. The highest BCUT2D eigenvalue weighted by Crippen LogP contribution is 2.27. The molecule has 1 aliphatic heterocycles. The molecule has 84 valence electrons. The van der Waals surface area contributed by atoms with Crippen molar-refractivity contribution in [1.29, 1.82) is 0 Å². The SMILES string of the molecule is CCOC(=O)[C@H]1N=CO[C@H]1c1ccccc1. The van der Waals surface area contributed by atoms with Crippen molar-refractivity contribution in [2.24, 2.45) is 4.99 Å². The zero-order chi connectivity index (χ0) is 11.4. The van der Waals surface area contributed by atoms with E-state index in [2.05, 4.69) is 4.99 Å². The summed E-state index contributed by atoms with van der Waals surface area (Å²) < 4.78 is 10.3. The number of carbonyl (C=O) groups is 1. The van der Waals surface area contributed by atoms with E-state index in [4.69, 9.17) is 9.47 Å². The topological polar surface area (TPSA) is 47.9 Å². The van der Waals surface area contributed by atoms with Crippen molar-refractivity contribution in [2.45, 2.75) is 19.1 Å². The minimum absolute atomic E-state index is 0.342. The third kappa shape index (κ3) is 2.05.